The van der Waals surface area contributed by atoms with Gasteiger partial charge in [-0.1, -0.05) is 6.07 Å². The molecule has 1 fully saturated rings. The first-order valence-corrected chi connectivity index (χ1v) is 10.8. The van der Waals surface area contributed by atoms with Crippen LogP contribution in [0.25, 0.3) is 10.8 Å². The Morgan fingerprint density at radius 2 is 2.23 bits per heavy atom. The van der Waals surface area contributed by atoms with E-state index in [2.05, 4.69) is 15.3 Å². The first-order chi connectivity index (χ1) is 12.5. The number of aromatic nitrogens is 4. The average molecular weight is 393 g/mol. The maximum Gasteiger partial charge on any atom is 0.257 e. The van der Waals surface area contributed by atoms with Gasteiger partial charge in [-0.25, -0.2) is 8.42 Å². The molecule has 1 atom stereocenters. The lowest BCUT2D eigenvalue weighted by Crippen LogP contribution is -2.31. The van der Waals surface area contributed by atoms with Crippen LogP contribution in [-0.4, -0.2) is 39.2 Å². The summed E-state index contributed by atoms with van der Waals surface area (Å²) in [4.78, 5) is 1.11. The van der Waals surface area contributed by atoms with Crippen LogP contribution in [0.3, 0.4) is 0 Å². The van der Waals surface area contributed by atoms with E-state index in [0.29, 0.717) is 37.0 Å². The van der Waals surface area contributed by atoms with Crippen molar-refractivity contribution >= 4 is 21.4 Å². The zero-order chi connectivity index (χ0) is 18.3. The van der Waals surface area contributed by atoms with Crippen molar-refractivity contribution in [3.8, 4) is 10.8 Å². The molecule has 0 saturated carbocycles. The average Bonchev–Trinajstić information content (AvgIpc) is 3.37. The molecule has 3 aromatic heterocycles. The lowest BCUT2D eigenvalue weighted by Gasteiger charge is -2.20. The summed E-state index contributed by atoms with van der Waals surface area (Å²) >= 11 is 1.50. The maximum atomic E-state index is 13.2. The van der Waals surface area contributed by atoms with Gasteiger partial charge in [0.05, 0.1) is 10.6 Å². The Morgan fingerprint density at radius 1 is 1.38 bits per heavy atom. The standard InChI is InChI=1S/C16H19N5O3S2/c1-3-20-10-14(11(2)19-20)26(22,23)21-8-4-6-12(21)15-17-18-16(24-15)13-7-5-9-25-13/h5,7,9-10,12H,3-4,6,8H2,1-2H3/t12-/m0/s1. The van der Waals surface area contributed by atoms with Crippen molar-refractivity contribution in [1.29, 1.82) is 0 Å². The third kappa shape index (κ3) is 2.87. The summed E-state index contributed by atoms with van der Waals surface area (Å²) < 4.78 is 35.3. The number of rotatable bonds is 5. The van der Waals surface area contributed by atoms with Crippen LogP contribution < -0.4 is 0 Å². The van der Waals surface area contributed by atoms with Crippen LogP contribution in [0.15, 0.2) is 33.0 Å². The van der Waals surface area contributed by atoms with Crippen molar-refractivity contribution in [2.75, 3.05) is 6.54 Å². The summed E-state index contributed by atoms with van der Waals surface area (Å²) in [5, 5.41) is 14.4. The van der Waals surface area contributed by atoms with E-state index in [1.807, 2.05) is 24.4 Å². The molecule has 4 heterocycles. The predicted octanol–water partition coefficient (Wildman–Crippen LogP) is 2.85. The fraction of sp³-hybridized carbons (Fsp3) is 0.438. The summed E-state index contributed by atoms with van der Waals surface area (Å²) in [7, 11) is -3.68. The first kappa shape index (κ1) is 17.4. The van der Waals surface area contributed by atoms with E-state index in [-0.39, 0.29) is 4.90 Å². The van der Waals surface area contributed by atoms with Gasteiger partial charge in [-0.05, 0) is 38.1 Å². The largest absolute Gasteiger partial charge is 0.418 e. The second kappa shape index (κ2) is 6.60. The zero-order valence-electron chi connectivity index (χ0n) is 14.5. The van der Waals surface area contributed by atoms with E-state index >= 15 is 0 Å². The molecule has 0 unspecified atom stereocenters. The Morgan fingerprint density at radius 3 is 2.92 bits per heavy atom. The van der Waals surface area contributed by atoms with Crippen molar-refractivity contribution in [2.45, 2.75) is 44.2 Å². The van der Waals surface area contributed by atoms with E-state index in [1.165, 1.54) is 15.6 Å². The van der Waals surface area contributed by atoms with Gasteiger partial charge in [0, 0.05) is 19.3 Å². The molecule has 0 N–H and O–H groups in total. The highest BCUT2D eigenvalue weighted by molar-refractivity contribution is 7.89. The minimum absolute atomic E-state index is 0.240. The second-order valence-corrected chi connectivity index (χ2v) is 8.94. The molecule has 10 heteroatoms. The SMILES string of the molecule is CCn1cc(S(=O)(=O)N2CCC[C@H]2c2nnc(-c3cccs3)o2)c(C)n1. The fourth-order valence-electron chi connectivity index (χ4n) is 3.18. The Labute approximate surface area is 155 Å². The lowest BCUT2D eigenvalue weighted by atomic mass is 10.2. The Bertz CT molecular complexity index is 1010. The maximum absolute atomic E-state index is 13.2. The van der Waals surface area contributed by atoms with Gasteiger partial charge in [0.15, 0.2) is 0 Å². The van der Waals surface area contributed by atoms with Gasteiger partial charge in [0.2, 0.25) is 15.9 Å². The molecule has 0 radical (unpaired) electrons. The predicted molar refractivity (Wildman–Crippen MR) is 96.1 cm³/mol. The minimum atomic E-state index is -3.68. The molecular formula is C16H19N5O3S2. The Balaban J connectivity index is 1.67. The normalized spacial score (nSPS) is 18.6. The van der Waals surface area contributed by atoms with Crippen molar-refractivity contribution in [3.63, 3.8) is 0 Å². The molecule has 0 aliphatic carbocycles. The quantitative estimate of drug-likeness (QED) is 0.662. The van der Waals surface area contributed by atoms with Crippen LogP contribution in [-0.2, 0) is 16.6 Å². The Kier molecular flexibility index (Phi) is 4.41. The van der Waals surface area contributed by atoms with Crippen molar-refractivity contribution in [3.05, 3.63) is 35.3 Å². The first-order valence-electron chi connectivity index (χ1n) is 8.44. The third-order valence-electron chi connectivity index (χ3n) is 4.47. The van der Waals surface area contributed by atoms with Gasteiger partial charge in [-0.15, -0.1) is 21.5 Å². The molecule has 0 amide bonds. The van der Waals surface area contributed by atoms with Gasteiger partial charge in [-0.2, -0.15) is 9.40 Å². The van der Waals surface area contributed by atoms with Crippen LogP contribution in [0.2, 0.25) is 0 Å². The highest BCUT2D eigenvalue weighted by Crippen LogP contribution is 2.37. The van der Waals surface area contributed by atoms with Crippen molar-refractivity contribution in [1.82, 2.24) is 24.3 Å². The van der Waals surface area contributed by atoms with Crippen LogP contribution in [0.1, 0.15) is 37.4 Å². The lowest BCUT2D eigenvalue weighted by molar-refractivity contribution is 0.332. The molecule has 0 bridgehead atoms. The Hall–Kier alpha value is -2.04. The van der Waals surface area contributed by atoms with Crippen LogP contribution >= 0.6 is 11.3 Å². The zero-order valence-corrected chi connectivity index (χ0v) is 16.1. The van der Waals surface area contributed by atoms with E-state index < -0.39 is 16.1 Å². The van der Waals surface area contributed by atoms with E-state index in [4.69, 9.17) is 4.42 Å². The minimum Gasteiger partial charge on any atom is -0.418 e. The number of sulfonamides is 1. The van der Waals surface area contributed by atoms with Crippen LogP contribution in [0, 0.1) is 6.92 Å². The molecule has 8 nitrogen and oxygen atoms in total. The van der Waals surface area contributed by atoms with Gasteiger partial charge >= 0.3 is 0 Å². The molecular weight excluding hydrogens is 374 g/mol. The van der Waals surface area contributed by atoms with E-state index in [9.17, 15) is 8.42 Å². The third-order valence-corrected chi connectivity index (χ3v) is 7.34. The van der Waals surface area contributed by atoms with Crippen molar-refractivity contribution in [2.24, 2.45) is 0 Å². The van der Waals surface area contributed by atoms with Gasteiger partial charge in [0.25, 0.3) is 5.89 Å². The smallest absolute Gasteiger partial charge is 0.257 e. The second-order valence-electron chi connectivity index (χ2n) is 6.13. The molecule has 1 aliphatic rings. The fourth-order valence-corrected chi connectivity index (χ4v) is 5.65. The van der Waals surface area contributed by atoms with E-state index in [1.54, 1.807) is 17.8 Å². The summed E-state index contributed by atoms with van der Waals surface area (Å²) in [6.07, 6.45) is 3.00. The summed E-state index contributed by atoms with van der Waals surface area (Å²) in [5.41, 5.74) is 0.502. The molecule has 1 aliphatic heterocycles. The molecule has 0 aromatic carbocycles. The monoisotopic (exact) mass is 393 g/mol. The number of hydrogen-bond donors (Lipinski definition) is 0. The topological polar surface area (TPSA) is 94.1 Å². The molecule has 3 aromatic rings. The summed E-state index contributed by atoms with van der Waals surface area (Å²) in [6.45, 7) is 4.69. The molecule has 138 valence electrons. The molecule has 4 rings (SSSR count). The number of nitrogens with zero attached hydrogens (tertiary/aromatic N) is 5. The molecule has 0 spiro atoms. The van der Waals surface area contributed by atoms with Gasteiger partial charge < -0.3 is 4.42 Å². The van der Waals surface area contributed by atoms with Crippen LogP contribution in [0.5, 0.6) is 0 Å². The number of thiophene rings is 1. The van der Waals surface area contributed by atoms with Gasteiger partial charge in [0.1, 0.15) is 10.9 Å². The highest BCUT2D eigenvalue weighted by atomic mass is 32.2. The van der Waals surface area contributed by atoms with Gasteiger partial charge in [-0.3, -0.25) is 4.68 Å². The van der Waals surface area contributed by atoms with Crippen molar-refractivity contribution < 1.29 is 12.8 Å². The summed E-state index contributed by atoms with van der Waals surface area (Å²) in [6, 6.07) is 3.36. The van der Waals surface area contributed by atoms with Crippen LogP contribution in [0.4, 0.5) is 0 Å². The van der Waals surface area contributed by atoms with E-state index in [0.717, 1.165) is 11.3 Å². The summed E-state index contributed by atoms with van der Waals surface area (Å²) in [5.74, 6) is 0.768. The number of aryl methyl sites for hydroxylation is 2. The molecule has 1 saturated heterocycles. The number of hydrogen-bond acceptors (Lipinski definition) is 7. The molecule has 26 heavy (non-hydrogen) atoms. The highest BCUT2D eigenvalue weighted by Gasteiger charge is 2.40.